The van der Waals surface area contributed by atoms with Crippen LogP contribution in [0.3, 0.4) is 0 Å². The highest BCUT2D eigenvalue weighted by Crippen LogP contribution is 2.36. The van der Waals surface area contributed by atoms with Crippen molar-refractivity contribution in [3.05, 3.63) is 40.7 Å². The van der Waals surface area contributed by atoms with E-state index in [0.717, 1.165) is 17.4 Å². The van der Waals surface area contributed by atoms with Crippen molar-refractivity contribution in [1.29, 1.82) is 0 Å². The van der Waals surface area contributed by atoms with Gasteiger partial charge in [-0.2, -0.15) is 13.2 Å². The third-order valence-corrected chi connectivity index (χ3v) is 3.38. The first-order valence-corrected chi connectivity index (χ1v) is 6.18. The van der Waals surface area contributed by atoms with Gasteiger partial charge in [0.25, 0.3) is 0 Å². The Hall–Kier alpha value is -1.47. The molecular formula is C12H9F4NOS. The van der Waals surface area contributed by atoms with E-state index in [0.29, 0.717) is 11.8 Å². The zero-order valence-corrected chi connectivity index (χ0v) is 10.5. The predicted octanol–water partition coefficient (Wildman–Crippen LogP) is 4.02. The number of hydrogen-bond donors (Lipinski definition) is 1. The second-order valence-electron chi connectivity index (χ2n) is 3.92. The van der Waals surface area contributed by atoms with Crippen LogP contribution in [0.5, 0.6) is 0 Å². The van der Waals surface area contributed by atoms with Crippen LogP contribution >= 0.6 is 11.3 Å². The van der Waals surface area contributed by atoms with Crippen molar-refractivity contribution < 1.29 is 22.7 Å². The number of aliphatic hydroxyl groups is 1. The number of hydrogen-bond acceptors (Lipinski definition) is 3. The summed E-state index contributed by atoms with van der Waals surface area (Å²) in [6.07, 6.45) is -5.59. The Morgan fingerprint density at radius 1 is 1.32 bits per heavy atom. The molecule has 2 rings (SSSR count). The van der Waals surface area contributed by atoms with E-state index in [9.17, 15) is 22.7 Å². The zero-order chi connectivity index (χ0) is 14.2. The fourth-order valence-corrected chi connectivity index (χ4v) is 2.44. The number of thiazole rings is 1. The summed E-state index contributed by atoms with van der Waals surface area (Å²) in [6, 6.07) is 3.04. The maximum absolute atomic E-state index is 13.8. The molecule has 0 amide bonds. The van der Waals surface area contributed by atoms with Crippen LogP contribution in [0.1, 0.15) is 24.3 Å². The Balaban J connectivity index is 2.51. The van der Waals surface area contributed by atoms with Gasteiger partial charge in [0, 0.05) is 10.9 Å². The van der Waals surface area contributed by atoms with Crippen molar-refractivity contribution in [3.63, 3.8) is 0 Å². The summed E-state index contributed by atoms with van der Waals surface area (Å²) in [5.74, 6) is -1.35. The van der Waals surface area contributed by atoms with Gasteiger partial charge < -0.3 is 5.11 Å². The standard InChI is InChI=1S/C12H9F4NOS/c1-6(18)9-5-19-11(17-9)7-3-2-4-8(10(7)13)12(14,15)16/h2-6,18H,1H3. The topological polar surface area (TPSA) is 33.1 Å². The van der Waals surface area contributed by atoms with Crippen LogP contribution < -0.4 is 0 Å². The van der Waals surface area contributed by atoms with Crippen LogP contribution in [0.2, 0.25) is 0 Å². The number of nitrogens with zero attached hydrogens (tertiary/aromatic N) is 1. The number of aromatic nitrogens is 1. The molecule has 1 atom stereocenters. The van der Waals surface area contributed by atoms with Crippen molar-refractivity contribution in [2.45, 2.75) is 19.2 Å². The van der Waals surface area contributed by atoms with Crippen molar-refractivity contribution in [2.24, 2.45) is 0 Å². The van der Waals surface area contributed by atoms with E-state index < -0.39 is 23.7 Å². The molecule has 2 nitrogen and oxygen atoms in total. The van der Waals surface area contributed by atoms with Gasteiger partial charge in [-0.1, -0.05) is 6.07 Å². The molecule has 0 bridgehead atoms. The molecule has 0 aliphatic heterocycles. The molecule has 0 fully saturated rings. The molecule has 0 saturated heterocycles. The summed E-state index contributed by atoms with van der Waals surface area (Å²) in [5, 5.41) is 10.9. The molecule has 102 valence electrons. The van der Waals surface area contributed by atoms with Gasteiger partial charge in [0.15, 0.2) is 0 Å². The highest BCUT2D eigenvalue weighted by Gasteiger charge is 2.35. The van der Waals surface area contributed by atoms with Crippen molar-refractivity contribution in [3.8, 4) is 10.6 Å². The first-order chi connectivity index (χ1) is 8.80. The van der Waals surface area contributed by atoms with E-state index in [1.165, 1.54) is 18.4 Å². The molecule has 1 unspecified atom stereocenters. The Kier molecular flexibility index (Phi) is 3.60. The summed E-state index contributed by atoms with van der Waals surface area (Å²) in [4.78, 5) is 3.93. The minimum absolute atomic E-state index is 0.111. The maximum atomic E-state index is 13.8. The largest absolute Gasteiger partial charge is 0.419 e. The van der Waals surface area contributed by atoms with Crippen LogP contribution in [0.15, 0.2) is 23.6 Å². The van der Waals surface area contributed by atoms with Crippen molar-refractivity contribution in [2.75, 3.05) is 0 Å². The molecule has 1 N–H and O–H groups in total. The Morgan fingerprint density at radius 2 is 2.00 bits per heavy atom. The lowest BCUT2D eigenvalue weighted by Crippen LogP contribution is -2.08. The average molecular weight is 291 g/mol. The Morgan fingerprint density at radius 3 is 2.53 bits per heavy atom. The molecule has 0 radical (unpaired) electrons. The molecule has 0 saturated carbocycles. The summed E-state index contributed by atoms with van der Waals surface area (Å²) in [5.41, 5.74) is -1.23. The van der Waals surface area contributed by atoms with E-state index in [4.69, 9.17) is 0 Å². The highest BCUT2D eigenvalue weighted by molar-refractivity contribution is 7.13. The molecular weight excluding hydrogens is 282 g/mol. The van der Waals surface area contributed by atoms with Gasteiger partial charge in [-0.3, -0.25) is 0 Å². The second kappa shape index (κ2) is 4.90. The summed E-state index contributed by atoms with van der Waals surface area (Å²) < 4.78 is 51.6. The lowest BCUT2D eigenvalue weighted by atomic mass is 10.1. The molecule has 2 aromatic rings. The molecule has 1 heterocycles. The summed E-state index contributed by atoms with van der Waals surface area (Å²) in [6.45, 7) is 1.47. The SMILES string of the molecule is CC(O)c1csc(-c2cccc(C(F)(F)F)c2F)n1. The lowest BCUT2D eigenvalue weighted by Gasteiger charge is -2.09. The molecule has 0 aliphatic rings. The molecule has 0 aliphatic carbocycles. The normalized spacial score (nSPS) is 13.6. The number of halogens is 4. The lowest BCUT2D eigenvalue weighted by molar-refractivity contribution is -0.139. The number of benzene rings is 1. The van der Waals surface area contributed by atoms with Crippen LogP contribution in [-0.4, -0.2) is 10.1 Å². The fourth-order valence-electron chi connectivity index (χ4n) is 1.52. The maximum Gasteiger partial charge on any atom is 0.419 e. The zero-order valence-electron chi connectivity index (χ0n) is 9.70. The number of aliphatic hydroxyl groups excluding tert-OH is 1. The van der Waals surface area contributed by atoms with E-state index in [1.807, 2.05) is 0 Å². The van der Waals surface area contributed by atoms with Gasteiger partial charge >= 0.3 is 6.18 Å². The summed E-state index contributed by atoms with van der Waals surface area (Å²) in [7, 11) is 0. The van der Waals surface area contributed by atoms with E-state index in [-0.39, 0.29) is 10.6 Å². The Labute approximate surface area is 110 Å². The molecule has 1 aromatic carbocycles. The van der Waals surface area contributed by atoms with E-state index in [1.54, 1.807) is 0 Å². The smallest absolute Gasteiger partial charge is 0.387 e. The molecule has 0 spiro atoms. The van der Waals surface area contributed by atoms with Crippen LogP contribution in [0.25, 0.3) is 10.6 Å². The average Bonchev–Trinajstić information content (AvgIpc) is 2.77. The predicted molar refractivity (Wildman–Crippen MR) is 63.1 cm³/mol. The summed E-state index contributed by atoms with van der Waals surface area (Å²) >= 11 is 0.986. The Bertz CT molecular complexity index is 592. The highest BCUT2D eigenvalue weighted by atomic mass is 32.1. The molecule has 7 heteroatoms. The fraction of sp³-hybridized carbons (Fsp3) is 0.250. The first-order valence-electron chi connectivity index (χ1n) is 5.30. The minimum atomic E-state index is -4.75. The van der Waals surface area contributed by atoms with Crippen LogP contribution in [0, 0.1) is 5.82 Å². The third-order valence-electron chi connectivity index (χ3n) is 2.48. The minimum Gasteiger partial charge on any atom is -0.387 e. The number of alkyl halides is 3. The number of rotatable bonds is 2. The van der Waals surface area contributed by atoms with Gasteiger partial charge in [0.05, 0.1) is 17.4 Å². The first kappa shape index (κ1) is 14.0. The van der Waals surface area contributed by atoms with Crippen molar-refractivity contribution in [1.82, 2.24) is 4.98 Å². The van der Waals surface area contributed by atoms with Gasteiger partial charge in [0.1, 0.15) is 10.8 Å². The second-order valence-corrected chi connectivity index (χ2v) is 4.78. The van der Waals surface area contributed by atoms with Gasteiger partial charge in [0.2, 0.25) is 0 Å². The molecule has 19 heavy (non-hydrogen) atoms. The van der Waals surface area contributed by atoms with Gasteiger partial charge in [-0.15, -0.1) is 11.3 Å². The molecule has 1 aromatic heterocycles. The van der Waals surface area contributed by atoms with Crippen molar-refractivity contribution >= 4 is 11.3 Å². The quantitative estimate of drug-likeness (QED) is 0.848. The van der Waals surface area contributed by atoms with Crippen LogP contribution in [0.4, 0.5) is 17.6 Å². The third kappa shape index (κ3) is 2.76. The van der Waals surface area contributed by atoms with Gasteiger partial charge in [-0.25, -0.2) is 9.37 Å². The monoisotopic (exact) mass is 291 g/mol. The van der Waals surface area contributed by atoms with E-state index >= 15 is 0 Å². The van der Waals surface area contributed by atoms with Gasteiger partial charge in [-0.05, 0) is 19.1 Å². The van der Waals surface area contributed by atoms with E-state index in [2.05, 4.69) is 4.98 Å². The van der Waals surface area contributed by atoms with Crippen LogP contribution in [-0.2, 0) is 6.18 Å².